The first-order valence-electron chi connectivity index (χ1n) is 12.0. The van der Waals surface area contributed by atoms with Crippen molar-refractivity contribution < 1.29 is 29.1 Å². The minimum atomic E-state index is -1.20. The minimum absolute atomic E-state index is 0.0118. The van der Waals surface area contributed by atoms with E-state index in [0.29, 0.717) is 12.2 Å². The SMILES string of the molecule is CSCCC(NC(=O)C(CCC(N)=O)NC(=O)C(N)CCCN=C(N)N)C(=O)NC(CC(C)C)C(=O)O. The van der Waals surface area contributed by atoms with E-state index in [-0.39, 0.29) is 50.5 Å². The molecule has 0 saturated carbocycles. The van der Waals surface area contributed by atoms with Gasteiger partial charge in [0.2, 0.25) is 23.6 Å². The molecule has 0 saturated heterocycles. The number of carboxylic acid groups (broad SMARTS) is 1. The number of carbonyl (C=O) groups excluding carboxylic acids is 4. The summed E-state index contributed by atoms with van der Waals surface area (Å²) >= 11 is 1.44. The molecule has 4 atom stereocenters. The third kappa shape index (κ3) is 15.6. The molecule has 4 amide bonds. The van der Waals surface area contributed by atoms with Crippen molar-refractivity contribution in [2.24, 2.45) is 33.8 Å². The lowest BCUT2D eigenvalue weighted by molar-refractivity contribution is -0.142. The van der Waals surface area contributed by atoms with Crippen LogP contribution in [0.2, 0.25) is 0 Å². The third-order valence-corrected chi connectivity index (χ3v) is 5.83. The molecule has 37 heavy (non-hydrogen) atoms. The topological polar surface area (TPSA) is 258 Å². The molecule has 0 heterocycles. The second-order valence-corrected chi connectivity index (χ2v) is 9.98. The second-order valence-electron chi connectivity index (χ2n) is 8.99. The van der Waals surface area contributed by atoms with Crippen LogP contribution in [0.15, 0.2) is 4.99 Å². The van der Waals surface area contributed by atoms with Gasteiger partial charge in [-0.25, -0.2) is 4.79 Å². The molecule has 4 unspecified atom stereocenters. The van der Waals surface area contributed by atoms with Crippen molar-refractivity contribution in [3.63, 3.8) is 0 Å². The number of nitrogens with zero attached hydrogens (tertiary/aromatic N) is 1. The highest BCUT2D eigenvalue weighted by molar-refractivity contribution is 7.98. The maximum atomic E-state index is 13.1. The van der Waals surface area contributed by atoms with Gasteiger partial charge in [-0.1, -0.05) is 13.8 Å². The molecule has 0 spiro atoms. The summed E-state index contributed by atoms with van der Waals surface area (Å²) < 4.78 is 0. The van der Waals surface area contributed by atoms with Crippen LogP contribution in [-0.2, 0) is 24.0 Å². The van der Waals surface area contributed by atoms with Gasteiger partial charge in [-0.05, 0) is 50.0 Å². The first kappa shape index (κ1) is 33.9. The number of carboxylic acids is 1. The number of rotatable bonds is 19. The molecule has 0 rings (SSSR count). The average molecular weight is 547 g/mol. The van der Waals surface area contributed by atoms with Gasteiger partial charge in [-0.15, -0.1) is 0 Å². The Bertz CT molecular complexity index is 806. The average Bonchev–Trinajstić information content (AvgIpc) is 2.80. The monoisotopic (exact) mass is 546 g/mol. The summed E-state index contributed by atoms with van der Waals surface area (Å²) in [6.45, 7) is 3.93. The molecular weight excluding hydrogens is 504 g/mol. The van der Waals surface area contributed by atoms with E-state index in [1.54, 1.807) is 0 Å². The van der Waals surface area contributed by atoms with Crippen molar-refractivity contribution in [2.75, 3.05) is 18.6 Å². The van der Waals surface area contributed by atoms with E-state index in [1.807, 2.05) is 20.1 Å². The van der Waals surface area contributed by atoms with Crippen LogP contribution in [0.5, 0.6) is 0 Å². The number of nitrogens with one attached hydrogen (secondary N) is 3. The van der Waals surface area contributed by atoms with Gasteiger partial charge in [-0.2, -0.15) is 11.8 Å². The molecule has 0 aliphatic carbocycles. The number of amides is 4. The fourth-order valence-corrected chi connectivity index (χ4v) is 3.70. The molecule has 12 N–H and O–H groups in total. The van der Waals surface area contributed by atoms with Gasteiger partial charge in [-0.3, -0.25) is 24.2 Å². The Labute approximate surface area is 221 Å². The lowest BCUT2D eigenvalue weighted by atomic mass is 10.0. The van der Waals surface area contributed by atoms with Crippen molar-refractivity contribution in [3.8, 4) is 0 Å². The van der Waals surface area contributed by atoms with Gasteiger partial charge >= 0.3 is 5.97 Å². The standard InChI is InChI=1S/C22H42N8O6S/c1-12(2)11-16(21(35)36)30-20(34)15(8-10-37-3)29-19(33)14(6-7-17(24)31)28-18(32)13(23)5-4-9-27-22(25)26/h12-16H,4-11,23H2,1-3H3,(H2,24,31)(H,28,32)(H,29,33)(H,30,34)(H,35,36)(H4,25,26,27). The summed E-state index contributed by atoms with van der Waals surface area (Å²) in [4.78, 5) is 65.2. The Morgan fingerprint density at radius 3 is 1.89 bits per heavy atom. The molecule has 212 valence electrons. The molecular formula is C22H42N8O6S. The van der Waals surface area contributed by atoms with Crippen LogP contribution in [0.3, 0.4) is 0 Å². The molecule has 15 heteroatoms. The lowest BCUT2D eigenvalue weighted by Gasteiger charge is -2.25. The molecule has 0 aromatic heterocycles. The number of carbonyl (C=O) groups is 5. The van der Waals surface area contributed by atoms with Crippen LogP contribution in [0.25, 0.3) is 0 Å². The van der Waals surface area contributed by atoms with Gasteiger partial charge in [0, 0.05) is 13.0 Å². The summed E-state index contributed by atoms with van der Waals surface area (Å²) in [5.41, 5.74) is 21.6. The Hall–Kier alpha value is -3.07. The van der Waals surface area contributed by atoms with Crippen LogP contribution < -0.4 is 38.9 Å². The number of guanidine groups is 1. The highest BCUT2D eigenvalue weighted by Gasteiger charge is 2.30. The maximum absolute atomic E-state index is 13.1. The first-order chi connectivity index (χ1) is 17.3. The predicted molar refractivity (Wildman–Crippen MR) is 142 cm³/mol. The van der Waals surface area contributed by atoms with Crippen LogP contribution in [0.4, 0.5) is 0 Å². The van der Waals surface area contributed by atoms with Crippen molar-refractivity contribution >= 4 is 47.3 Å². The van der Waals surface area contributed by atoms with Crippen molar-refractivity contribution in [2.45, 2.75) is 76.5 Å². The van der Waals surface area contributed by atoms with E-state index < -0.39 is 53.8 Å². The molecule has 0 fully saturated rings. The number of hydrogen-bond acceptors (Lipinski definition) is 8. The van der Waals surface area contributed by atoms with E-state index in [9.17, 15) is 29.1 Å². The number of aliphatic imine (C=N–C) groups is 1. The normalized spacial score (nSPS) is 14.1. The molecule has 14 nitrogen and oxygen atoms in total. The summed E-state index contributed by atoms with van der Waals surface area (Å²) in [7, 11) is 0. The lowest BCUT2D eigenvalue weighted by Crippen LogP contribution is -2.57. The van der Waals surface area contributed by atoms with Crippen molar-refractivity contribution in [3.05, 3.63) is 0 Å². The molecule has 0 aromatic carbocycles. The highest BCUT2D eigenvalue weighted by Crippen LogP contribution is 2.08. The quantitative estimate of drug-likeness (QED) is 0.0500. The van der Waals surface area contributed by atoms with Gasteiger partial charge in [0.05, 0.1) is 6.04 Å². The van der Waals surface area contributed by atoms with Crippen LogP contribution in [0, 0.1) is 5.92 Å². The van der Waals surface area contributed by atoms with E-state index in [2.05, 4.69) is 20.9 Å². The van der Waals surface area contributed by atoms with Crippen molar-refractivity contribution in [1.29, 1.82) is 0 Å². The number of nitrogens with two attached hydrogens (primary N) is 4. The largest absolute Gasteiger partial charge is 0.480 e. The second kappa shape index (κ2) is 18.2. The van der Waals surface area contributed by atoms with Crippen LogP contribution in [-0.4, -0.2) is 83.4 Å². The Balaban J connectivity index is 5.45. The Morgan fingerprint density at radius 1 is 0.865 bits per heavy atom. The molecule has 0 aliphatic heterocycles. The molecule has 0 bridgehead atoms. The van der Waals surface area contributed by atoms with Crippen LogP contribution in [0.1, 0.15) is 52.4 Å². The van der Waals surface area contributed by atoms with E-state index >= 15 is 0 Å². The number of thioether (sulfide) groups is 1. The third-order valence-electron chi connectivity index (χ3n) is 5.18. The summed E-state index contributed by atoms with van der Waals surface area (Å²) in [5, 5.41) is 17.0. The van der Waals surface area contributed by atoms with Gasteiger partial charge < -0.3 is 44.0 Å². The fraction of sp³-hybridized carbons (Fsp3) is 0.727. The van der Waals surface area contributed by atoms with E-state index in [4.69, 9.17) is 22.9 Å². The summed E-state index contributed by atoms with van der Waals surface area (Å²) in [5.74, 6) is -3.45. The predicted octanol–water partition coefficient (Wildman–Crippen LogP) is -2.03. The fourth-order valence-electron chi connectivity index (χ4n) is 3.23. The van der Waals surface area contributed by atoms with Crippen molar-refractivity contribution in [1.82, 2.24) is 16.0 Å². The zero-order valence-corrected chi connectivity index (χ0v) is 22.5. The van der Waals surface area contributed by atoms with E-state index in [0.717, 1.165) is 0 Å². The number of primary amides is 1. The minimum Gasteiger partial charge on any atom is -0.480 e. The number of aliphatic carboxylic acids is 1. The van der Waals surface area contributed by atoms with E-state index in [1.165, 1.54) is 11.8 Å². The maximum Gasteiger partial charge on any atom is 0.326 e. The zero-order chi connectivity index (χ0) is 28.5. The van der Waals surface area contributed by atoms with Crippen LogP contribution >= 0.6 is 11.8 Å². The molecule has 0 aliphatic rings. The molecule has 0 aromatic rings. The smallest absolute Gasteiger partial charge is 0.326 e. The summed E-state index contributed by atoms with van der Waals surface area (Å²) in [6, 6.07) is -4.35. The first-order valence-corrected chi connectivity index (χ1v) is 13.4. The number of hydrogen-bond donors (Lipinski definition) is 8. The summed E-state index contributed by atoms with van der Waals surface area (Å²) in [6.07, 6.45) is 2.59. The highest BCUT2D eigenvalue weighted by atomic mass is 32.2. The van der Waals surface area contributed by atoms with Gasteiger partial charge in [0.1, 0.15) is 18.1 Å². The Morgan fingerprint density at radius 2 is 1.41 bits per heavy atom. The Kier molecular flexibility index (Phi) is 16.7. The molecule has 0 radical (unpaired) electrons. The zero-order valence-electron chi connectivity index (χ0n) is 21.7. The van der Waals surface area contributed by atoms with Gasteiger partial charge in [0.25, 0.3) is 0 Å². The van der Waals surface area contributed by atoms with Gasteiger partial charge in [0.15, 0.2) is 5.96 Å².